The van der Waals surface area contributed by atoms with E-state index in [-0.39, 0.29) is 5.60 Å². The molecule has 15 heavy (non-hydrogen) atoms. The predicted octanol–water partition coefficient (Wildman–Crippen LogP) is 1.48. The molecule has 0 amide bonds. The number of nitrogens with zero attached hydrogens (tertiary/aromatic N) is 1. The second-order valence-corrected chi connectivity index (χ2v) is 5.27. The number of ether oxygens (including phenoxy) is 1. The van der Waals surface area contributed by atoms with Crippen LogP contribution in [0.25, 0.3) is 0 Å². The number of morpholine rings is 1. The fraction of sp³-hybridized carbons (Fsp3) is 1.00. The van der Waals surface area contributed by atoms with Gasteiger partial charge in [-0.05, 0) is 34.2 Å². The lowest BCUT2D eigenvalue weighted by Crippen LogP contribution is -2.56. The van der Waals surface area contributed by atoms with Crippen LogP contribution in [0.5, 0.6) is 0 Å². The number of nitrogens with one attached hydrogen (secondary N) is 1. The zero-order valence-corrected chi connectivity index (χ0v) is 10.8. The third-order valence-corrected chi connectivity index (χ3v) is 2.91. The van der Waals surface area contributed by atoms with Crippen LogP contribution in [0, 0.1) is 0 Å². The second-order valence-electron chi connectivity index (χ2n) is 5.27. The van der Waals surface area contributed by atoms with Gasteiger partial charge in [0, 0.05) is 25.7 Å². The molecule has 1 aliphatic heterocycles. The third-order valence-electron chi connectivity index (χ3n) is 2.91. The lowest BCUT2D eigenvalue weighted by atomic mass is 10.0. The van der Waals surface area contributed by atoms with Gasteiger partial charge < -0.3 is 10.1 Å². The molecule has 3 nitrogen and oxygen atoms in total. The maximum Gasteiger partial charge on any atom is 0.0757 e. The summed E-state index contributed by atoms with van der Waals surface area (Å²) in [6.07, 6.45) is 0.345. The minimum absolute atomic E-state index is 0.00184. The van der Waals surface area contributed by atoms with E-state index in [0.717, 1.165) is 26.2 Å². The van der Waals surface area contributed by atoms with Crippen molar-refractivity contribution in [3.63, 3.8) is 0 Å². The summed E-state index contributed by atoms with van der Waals surface area (Å²) in [6.45, 7) is 15.2. The maximum atomic E-state index is 5.90. The summed E-state index contributed by atoms with van der Waals surface area (Å²) in [6, 6.07) is 0.593. The standard InChI is InChI=1S/C12H26N2O/c1-6-13-7-10(2)14-8-11(3)15-12(4,5)9-14/h10-11,13H,6-9H2,1-5H3. The van der Waals surface area contributed by atoms with Crippen molar-refractivity contribution >= 4 is 0 Å². The van der Waals surface area contributed by atoms with Crippen LogP contribution in [-0.4, -0.2) is 48.8 Å². The molecule has 0 spiro atoms. The van der Waals surface area contributed by atoms with Crippen LogP contribution in [0.15, 0.2) is 0 Å². The quantitative estimate of drug-likeness (QED) is 0.767. The maximum absolute atomic E-state index is 5.90. The Morgan fingerprint density at radius 1 is 1.53 bits per heavy atom. The Hall–Kier alpha value is -0.120. The van der Waals surface area contributed by atoms with Gasteiger partial charge in [0.25, 0.3) is 0 Å². The minimum atomic E-state index is -0.00184. The van der Waals surface area contributed by atoms with Crippen LogP contribution in [-0.2, 0) is 4.74 Å². The Bertz CT molecular complexity index is 194. The van der Waals surface area contributed by atoms with Crippen LogP contribution in [0.4, 0.5) is 0 Å². The molecule has 0 radical (unpaired) electrons. The average Bonchev–Trinajstić information content (AvgIpc) is 2.10. The Balaban J connectivity index is 2.46. The van der Waals surface area contributed by atoms with Gasteiger partial charge >= 0.3 is 0 Å². The molecule has 1 saturated heterocycles. The smallest absolute Gasteiger partial charge is 0.0757 e. The molecular weight excluding hydrogens is 188 g/mol. The van der Waals surface area contributed by atoms with Gasteiger partial charge in [0.1, 0.15) is 0 Å². The Labute approximate surface area is 94.2 Å². The van der Waals surface area contributed by atoms with Crippen LogP contribution in [0.3, 0.4) is 0 Å². The summed E-state index contributed by atoms with van der Waals surface area (Å²) < 4.78 is 5.90. The van der Waals surface area contributed by atoms with E-state index < -0.39 is 0 Å². The molecule has 2 atom stereocenters. The molecule has 0 bridgehead atoms. The highest BCUT2D eigenvalue weighted by Crippen LogP contribution is 2.22. The summed E-state index contributed by atoms with van der Waals surface area (Å²) in [5, 5.41) is 3.41. The molecule has 1 heterocycles. The van der Waals surface area contributed by atoms with Gasteiger partial charge in [-0.15, -0.1) is 0 Å². The average molecular weight is 214 g/mol. The van der Waals surface area contributed by atoms with Crippen molar-refractivity contribution < 1.29 is 4.74 Å². The number of likely N-dealkylation sites (N-methyl/N-ethyl adjacent to an activating group) is 1. The van der Waals surface area contributed by atoms with E-state index in [0.29, 0.717) is 12.1 Å². The summed E-state index contributed by atoms with van der Waals surface area (Å²) >= 11 is 0. The highest BCUT2D eigenvalue weighted by atomic mass is 16.5. The lowest BCUT2D eigenvalue weighted by Gasteiger charge is -2.44. The highest BCUT2D eigenvalue weighted by molar-refractivity contribution is 4.85. The van der Waals surface area contributed by atoms with E-state index >= 15 is 0 Å². The van der Waals surface area contributed by atoms with Gasteiger partial charge in [-0.2, -0.15) is 0 Å². The van der Waals surface area contributed by atoms with E-state index in [1.165, 1.54) is 0 Å². The summed E-state index contributed by atoms with van der Waals surface area (Å²) in [4.78, 5) is 2.52. The second kappa shape index (κ2) is 5.28. The molecule has 0 aromatic rings. The molecule has 1 rings (SSSR count). The first-order valence-electron chi connectivity index (χ1n) is 6.07. The van der Waals surface area contributed by atoms with Crippen molar-refractivity contribution in [2.24, 2.45) is 0 Å². The molecule has 1 aliphatic rings. The van der Waals surface area contributed by atoms with Crippen LogP contribution < -0.4 is 5.32 Å². The van der Waals surface area contributed by atoms with Crippen LogP contribution >= 0.6 is 0 Å². The zero-order valence-electron chi connectivity index (χ0n) is 10.8. The van der Waals surface area contributed by atoms with Crippen molar-refractivity contribution in [2.75, 3.05) is 26.2 Å². The molecule has 0 aliphatic carbocycles. The monoisotopic (exact) mass is 214 g/mol. The fourth-order valence-electron chi connectivity index (χ4n) is 2.32. The van der Waals surface area contributed by atoms with E-state index in [2.05, 4.69) is 44.8 Å². The van der Waals surface area contributed by atoms with Gasteiger partial charge in [-0.3, -0.25) is 4.90 Å². The summed E-state index contributed by atoms with van der Waals surface area (Å²) in [5.74, 6) is 0. The number of rotatable bonds is 4. The van der Waals surface area contributed by atoms with E-state index in [1.807, 2.05) is 0 Å². The molecule has 90 valence electrons. The molecule has 0 aromatic carbocycles. The van der Waals surface area contributed by atoms with E-state index in [9.17, 15) is 0 Å². The fourth-order valence-corrected chi connectivity index (χ4v) is 2.32. The Kier molecular flexibility index (Phi) is 4.56. The predicted molar refractivity (Wildman–Crippen MR) is 64.2 cm³/mol. The molecular formula is C12H26N2O. The Morgan fingerprint density at radius 3 is 2.73 bits per heavy atom. The third kappa shape index (κ3) is 4.09. The largest absolute Gasteiger partial charge is 0.370 e. The van der Waals surface area contributed by atoms with Crippen LogP contribution in [0.1, 0.15) is 34.6 Å². The molecule has 2 unspecified atom stereocenters. The molecule has 3 heteroatoms. The van der Waals surface area contributed by atoms with Crippen molar-refractivity contribution in [1.82, 2.24) is 10.2 Å². The Morgan fingerprint density at radius 2 is 2.20 bits per heavy atom. The van der Waals surface area contributed by atoms with E-state index in [1.54, 1.807) is 0 Å². The van der Waals surface area contributed by atoms with Crippen LogP contribution in [0.2, 0.25) is 0 Å². The van der Waals surface area contributed by atoms with Crippen molar-refractivity contribution in [2.45, 2.75) is 52.4 Å². The lowest BCUT2D eigenvalue weighted by molar-refractivity contribution is -0.136. The summed E-state index contributed by atoms with van der Waals surface area (Å²) in [7, 11) is 0. The van der Waals surface area contributed by atoms with Gasteiger partial charge in [-0.25, -0.2) is 0 Å². The topological polar surface area (TPSA) is 24.5 Å². The van der Waals surface area contributed by atoms with Gasteiger partial charge in [0.15, 0.2) is 0 Å². The first kappa shape index (κ1) is 12.9. The van der Waals surface area contributed by atoms with Gasteiger partial charge in [0.2, 0.25) is 0 Å². The number of hydrogen-bond acceptors (Lipinski definition) is 3. The normalized spacial score (nSPS) is 29.0. The minimum Gasteiger partial charge on any atom is -0.370 e. The molecule has 0 aromatic heterocycles. The zero-order chi connectivity index (χ0) is 11.5. The summed E-state index contributed by atoms with van der Waals surface area (Å²) in [5.41, 5.74) is -0.00184. The van der Waals surface area contributed by atoms with Gasteiger partial charge in [-0.1, -0.05) is 6.92 Å². The van der Waals surface area contributed by atoms with Crippen molar-refractivity contribution in [3.05, 3.63) is 0 Å². The first-order chi connectivity index (χ1) is 6.94. The molecule has 1 fully saturated rings. The first-order valence-corrected chi connectivity index (χ1v) is 6.07. The van der Waals surface area contributed by atoms with Crippen molar-refractivity contribution in [3.8, 4) is 0 Å². The van der Waals surface area contributed by atoms with Crippen molar-refractivity contribution in [1.29, 1.82) is 0 Å². The van der Waals surface area contributed by atoms with E-state index in [4.69, 9.17) is 4.74 Å². The SMILES string of the molecule is CCNCC(C)N1CC(C)OC(C)(C)C1. The molecule has 1 N–H and O–H groups in total. The molecule has 0 saturated carbocycles. The highest BCUT2D eigenvalue weighted by Gasteiger charge is 2.32. The van der Waals surface area contributed by atoms with Gasteiger partial charge in [0.05, 0.1) is 11.7 Å². The number of hydrogen-bond donors (Lipinski definition) is 1.